The Kier molecular flexibility index (Phi) is 3.35. The first-order chi connectivity index (χ1) is 4.84. The Balaban J connectivity index is 2.20. The highest BCUT2D eigenvalue weighted by atomic mass is 32.2. The highest BCUT2D eigenvalue weighted by Crippen LogP contribution is 2.15. The lowest BCUT2D eigenvalue weighted by atomic mass is 10.3. The van der Waals surface area contributed by atoms with Crippen molar-refractivity contribution in [1.29, 1.82) is 0 Å². The third-order valence-electron chi connectivity index (χ3n) is 1.75. The molecule has 1 saturated heterocycles. The SMILES string of the molecule is CCOCC1CCCS1=O. The quantitative estimate of drug-likeness (QED) is 0.617. The Morgan fingerprint density at radius 1 is 1.70 bits per heavy atom. The van der Waals surface area contributed by atoms with Crippen LogP contribution in [0.5, 0.6) is 0 Å². The van der Waals surface area contributed by atoms with Crippen LogP contribution in [0.1, 0.15) is 19.8 Å². The average molecular weight is 162 g/mol. The van der Waals surface area contributed by atoms with E-state index >= 15 is 0 Å². The van der Waals surface area contributed by atoms with Gasteiger partial charge in [-0.2, -0.15) is 0 Å². The van der Waals surface area contributed by atoms with E-state index in [0.29, 0.717) is 11.9 Å². The maximum atomic E-state index is 11.1. The summed E-state index contributed by atoms with van der Waals surface area (Å²) in [6.07, 6.45) is 2.21. The molecule has 0 aliphatic carbocycles. The Hall–Kier alpha value is 0.110. The zero-order valence-corrected chi connectivity index (χ0v) is 7.15. The molecule has 0 amide bonds. The van der Waals surface area contributed by atoms with Crippen LogP contribution in [0.2, 0.25) is 0 Å². The molecule has 60 valence electrons. The van der Waals surface area contributed by atoms with Gasteiger partial charge in [0, 0.05) is 23.2 Å². The summed E-state index contributed by atoms with van der Waals surface area (Å²) in [5, 5.41) is 0.333. The standard InChI is InChI=1S/C7H14O2S/c1-2-9-6-7-4-3-5-10(7)8/h7H,2-6H2,1H3. The minimum atomic E-state index is -0.587. The first kappa shape index (κ1) is 8.21. The Morgan fingerprint density at radius 2 is 2.50 bits per heavy atom. The van der Waals surface area contributed by atoms with Crippen LogP contribution in [0.15, 0.2) is 0 Å². The van der Waals surface area contributed by atoms with Gasteiger partial charge in [0.1, 0.15) is 0 Å². The minimum absolute atomic E-state index is 0.333. The average Bonchev–Trinajstić information content (AvgIpc) is 2.31. The predicted octanol–water partition coefficient (Wildman–Crippen LogP) is 0.934. The van der Waals surface area contributed by atoms with Gasteiger partial charge in [0.15, 0.2) is 0 Å². The summed E-state index contributed by atoms with van der Waals surface area (Å²) in [6.45, 7) is 3.41. The molecule has 1 heterocycles. The number of hydrogen-bond donors (Lipinski definition) is 0. The fourth-order valence-corrected chi connectivity index (χ4v) is 2.62. The molecule has 2 unspecified atom stereocenters. The van der Waals surface area contributed by atoms with Crippen molar-refractivity contribution < 1.29 is 8.95 Å². The molecule has 1 aliphatic heterocycles. The molecule has 0 N–H and O–H groups in total. The van der Waals surface area contributed by atoms with Crippen molar-refractivity contribution in [3.05, 3.63) is 0 Å². The predicted molar refractivity (Wildman–Crippen MR) is 42.5 cm³/mol. The van der Waals surface area contributed by atoms with E-state index < -0.39 is 10.8 Å². The van der Waals surface area contributed by atoms with Crippen molar-refractivity contribution >= 4 is 10.8 Å². The van der Waals surface area contributed by atoms with Gasteiger partial charge in [-0.15, -0.1) is 0 Å². The van der Waals surface area contributed by atoms with E-state index in [9.17, 15) is 4.21 Å². The maximum absolute atomic E-state index is 11.1. The van der Waals surface area contributed by atoms with E-state index in [1.807, 2.05) is 6.92 Å². The van der Waals surface area contributed by atoms with Crippen molar-refractivity contribution in [3.63, 3.8) is 0 Å². The lowest BCUT2D eigenvalue weighted by Crippen LogP contribution is -2.16. The summed E-state index contributed by atoms with van der Waals surface area (Å²) in [5.74, 6) is 0.887. The van der Waals surface area contributed by atoms with E-state index in [1.165, 1.54) is 0 Å². The van der Waals surface area contributed by atoms with Crippen molar-refractivity contribution in [2.45, 2.75) is 25.0 Å². The molecule has 10 heavy (non-hydrogen) atoms. The summed E-state index contributed by atoms with van der Waals surface area (Å²) in [5.41, 5.74) is 0. The lowest BCUT2D eigenvalue weighted by molar-refractivity contribution is 0.147. The zero-order chi connectivity index (χ0) is 7.40. The van der Waals surface area contributed by atoms with E-state index in [2.05, 4.69) is 0 Å². The van der Waals surface area contributed by atoms with Crippen LogP contribution in [-0.4, -0.2) is 28.4 Å². The lowest BCUT2D eigenvalue weighted by Gasteiger charge is -2.06. The summed E-state index contributed by atoms with van der Waals surface area (Å²) < 4.78 is 16.3. The summed E-state index contributed by atoms with van der Waals surface area (Å²) in [6, 6.07) is 0. The molecule has 2 atom stereocenters. The van der Waals surface area contributed by atoms with Crippen molar-refractivity contribution in [3.8, 4) is 0 Å². The minimum Gasteiger partial charge on any atom is -0.380 e. The highest BCUT2D eigenvalue weighted by Gasteiger charge is 2.22. The fourth-order valence-electron chi connectivity index (χ4n) is 1.16. The molecule has 0 saturated carbocycles. The fraction of sp³-hybridized carbons (Fsp3) is 1.00. The first-order valence-corrected chi connectivity index (χ1v) is 5.17. The molecule has 0 aromatic carbocycles. The third kappa shape index (κ3) is 2.06. The number of rotatable bonds is 3. The molecular weight excluding hydrogens is 148 g/mol. The molecule has 0 aromatic heterocycles. The van der Waals surface area contributed by atoms with E-state index in [1.54, 1.807) is 0 Å². The van der Waals surface area contributed by atoms with E-state index in [-0.39, 0.29) is 0 Å². The summed E-state index contributed by atoms with van der Waals surface area (Å²) in [7, 11) is -0.587. The van der Waals surface area contributed by atoms with E-state index in [0.717, 1.165) is 25.2 Å². The van der Waals surface area contributed by atoms with Crippen LogP contribution < -0.4 is 0 Å². The largest absolute Gasteiger partial charge is 0.380 e. The second kappa shape index (κ2) is 4.09. The van der Waals surface area contributed by atoms with Crippen LogP contribution in [0.3, 0.4) is 0 Å². The van der Waals surface area contributed by atoms with Crippen LogP contribution in [-0.2, 0) is 15.5 Å². The molecular formula is C7H14O2S. The Bertz CT molecular complexity index is 125. The molecule has 0 bridgehead atoms. The molecule has 3 heteroatoms. The van der Waals surface area contributed by atoms with Gasteiger partial charge in [-0.3, -0.25) is 4.21 Å². The number of ether oxygens (including phenoxy) is 1. The van der Waals surface area contributed by atoms with Gasteiger partial charge in [0.25, 0.3) is 0 Å². The molecule has 0 aromatic rings. The summed E-state index contributed by atoms with van der Waals surface area (Å²) in [4.78, 5) is 0. The monoisotopic (exact) mass is 162 g/mol. The smallest absolute Gasteiger partial charge is 0.0609 e. The van der Waals surface area contributed by atoms with Crippen LogP contribution in [0.25, 0.3) is 0 Å². The van der Waals surface area contributed by atoms with Gasteiger partial charge >= 0.3 is 0 Å². The molecule has 1 rings (SSSR count). The molecule has 0 radical (unpaired) electrons. The normalized spacial score (nSPS) is 32.9. The molecule has 1 aliphatic rings. The van der Waals surface area contributed by atoms with Crippen molar-refractivity contribution in [2.75, 3.05) is 19.0 Å². The number of hydrogen-bond acceptors (Lipinski definition) is 2. The maximum Gasteiger partial charge on any atom is 0.0609 e. The van der Waals surface area contributed by atoms with E-state index in [4.69, 9.17) is 4.74 Å². The zero-order valence-electron chi connectivity index (χ0n) is 6.34. The van der Waals surface area contributed by atoms with Crippen LogP contribution in [0.4, 0.5) is 0 Å². The topological polar surface area (TPSA) is 26.3 Å². The molecule has 0 spiro atoms. The van der Waals surface area contributed by atoms with Gasteiger partial charge in [-0.25, -0.2) is 0 Å². The van der Waals surface area contributed by atoms with Crippen molar-refractivity contribution in [1.82, 2.24) is 0 Å². The Labute approximate surface area is 64.4 Å². The van der Waals surface area contributed by atoms with Gasteiger partial charge in [0.05, 0.1) is 11.9 Å². The van der Waals surface area contributed by atoms with Gasteiger partial charge in [0.2, 0.25) is 0 Å². The van der Waals surface area contributed by atoms with Crippen LogP contribution >= 0.6 is 0 Å². The molecule has 1 fully saturated rings. The highest BCUT2D eigenvalue weighted by molar-refractivity contribution is 7.85. The Morgan fingerprint density at radius 3 is 3.00 bits per heavy atom. The second-order valence-electron chi connectivity index (χ2n) is 2.51. The van der Waals surface area contributed by atoms with Gasteiger partial charge < -0.3 is 4.74 Å². The summed E-state index contributed by atoms with van der Waals surface area (Å²) >= 11 is 0. The first-order valence-electron chi connectivity index (χ1n) is 3.79. The third-order valence-corrected chi connectivity index (χ3v) is 3.56. The van der Waals surface area contributed by atoms with Gasteiger partial charge in [-0.05, 0) is 19.8 Å². The van der Waals surface area contributed by atoms with Gasteiger partial charge in [-0.1, -0.05) is 0 Å². The second-order valence-corrected chi connectivity index (χ2v) is 4.34. The van der Waals surface area contributed by atoms with Crippen LogP contribution in [0, 0.1) is 0 Å². The molecule has 2 nitrogen and oxygen atoms in total. The van der Waals surface area contributed by atoms with Crippen molar-refractivity contribution in [2.24, 2.45) is 0 Å².